The van der Waals surface area contributed by atoms with Gasteiger partial charge < -0.3 is 38.5 Å². The van der Waals surface area contributed by atoms with Gasteiger partial charge in [0.1, 0.15) is 0 Å². The summed E-state index contributed by atoms with van der Waals surface area (Å²) in [5.41, 5.74) is 0.796. The topological polar surface area (TPSA) is 220 Å². The Morgan fingerprint density at radius 2 is 0.717 bits per heavy atom. The molecule has 0 rings (SSSR count). The average Bonchev–Trinajstić information content (AvgIpc) is 2.96. The number of rotatable bonds is 26. The van der Waals surface area contributed by atoms with Gasteiger partial charge in [0.05, 0.1) is 51.6 Å². The molecule has 0 aromatic rings. The molecule has 0 unspecified atom stereocenters. The lowest BCUT2D eigenvalue weighted by molar-refractivity contribution is -0.144. The van der Waals surface area contributed by atoms with Crippen molar-refractivity contribution in [3.05, 3.63) is 24.3 Å². The fourth-order valence-corrected chi connectivity index (χ4v) is 4.34. The molecule has 0 spiro atoms. The number of hydrogen-bond donors (Lipinski definition) is 4. The van der Waals surface area contributed by atoms with Gasteiger partial charge in [-0.3, -0.25) is 18.7 Å². The van der Waals surface area contributed by atoms with E-state index in [9.17, 15) is 28.3 Å². The molecule has 0 saturated carbocycles. The first-order valence-electron chi connectivity index (χ1n) is 15.5. The highest BCUT2D eigenvalue weighted by Crippen LogP contribution is 2.35. The van der Waals surface area contributed by atoms with Gasteiger partial charge in [-0.25, -0.2) is 9.59 Å². The van der Waals surface area contributed by atoms with Crippen LogP contribution in [0.1, 0.15) is 104 Å². The van der Waals surface area contributed by atoms with E-state index in [0.717, 1.165) is 70.6 Å². The van der Waals surface area contributed by atoms with E-state index in [4.69, 9.17) is 38.5 Å². The van der Waals surface area contributed by atoms with E-state index >= 15 is 0 Å². The van der Waals surface area contributed by atoms with Crippen LogP contribution >= 0.6 is 15.2 Å². The van der Waals surface area contributed by atoms with Crippen LogP contribution < -0.4 is 0 Å². The van der Waals surface area contributed by atoms with Crippen molar-refractivity contribution in [2.24, 2.45) is 0 Å². The molecule has 0 heterocycles. The standard InChI is InChI=1S/C17H31O7P.C13H23O7P/c1-15(2)17(19)24-13-10-8-6-4-3-5-7-9-12-23-16(18)11-14-25(20,21)22;1-11(2)13(15)20-9-6-4-3-5-8-19-12(14)7-10-21(16,17)18/h1,3-14H2,2H3,(H2,20,21,22);1,3-10H2,2H3,(H2,16,17,18). The summed E-state index contributed by atoms with van der Waals surface area (Å²) in [7, 11) is -8.27. The normalized spacial score (nSPS) is 11.1. The van der Waals surface area contributed by atoms with E-state index in [1.165, 1.54) is 0 Å². The number of hydrogen-bond acceptors (Lipinski definition) is 10. The third-order valence-electron chi connectivity index (χ3n) is 5.98. The van der Waals surface area contributed by atoms with Crippen LogP contribution in [0.3, 0.4) is 0 Å². The molecule has 0 aromatic heterocycles. The summed E-state index contributed by atoms with van der Waals surface area (Å²) in [5.74, 6) is -1.89. The Morgan fingerprint density at radius 1 is 0.478 bits per heavy atom. The lowest BCUT2D eigenvalue weighted by atomic mass is 10.1. The molecule has 0 radical (unpaired) electrons. The molecule has 0 fully saturated rings. The van der Waals surface area contributed by atoms with Crippen molar-refractivity contribution in [3.63, 3.8) is 0 Å². The highest BCUT2D eigenvalue weighted by molar-refractivity contribution is 7.52. The van der Waals surface area contributed by atoms with E-state index in [0.29, 0.717) is 37.4 Å². The zero-order valence-electron chi connectivity index (χ0n) is 27.3. The summed E-state index contributed by atoms with van der Waals surface area (Å²) in [5, 5.41) is 0. The summed E-state index contributed by atoms with van der Waals surface area (Å²) in [6, 6.07) is 0. The van der Waals surface area contributed by atoms with Crippen LogP contribution in [0.5, 0.6) is 0 Å². The Bertz CT molecular complexity index is 1020. The predicted octanol–water partition coefficient (Wildman–Crippen LogP) is 5.11. The molecule has 0 bridgehead atoms. The van der Waals surface area contributed by atoms with Crippen molar-refractivity contribution in [1.82, 2.24) is 0 Å². The van der Waals surface area contributed by atoms with E-state index in [1.54, 1.807) is 13.8 Å². The summed E-state index contributed by atoms with van der Waals surface area (Å²) in [4.78, 5) is 79.0. The first-order chi connectivity index (χ1) is 21.4. The van der Waals surface area contributed by atoms with Crippen molar-refractivity contribution < 1.29 is 66.8 Å². The van der Waals surface area contributed by atoms with Crippen molar-refractivity contribution >= 4 is 39.1 Å². The molecule has 14 nitrogen and oxygen atoms in total. The molecule has 0 saturated heterocycles. The molecule has 0 aliphatic heterocycles. The fourth-order valence-electron chi connectivity index (χ4n) is 3.39. The molecule has 46 heavy (non-hydrogen) atoms. The van der Waals surface area contributed by atoms with Gasteiger partial charge >= 0.3 is 39.1 Å². The zero-order chi connectivity index (χ0) is 35.4. The lowest BCUT2D eigenvalue weighted by Gasteiger charge is -2.06. The Labute approximate surface area is 272 Å². The van der Waals surface area contributed by atoms with Crippen LogP contribution in [-0.2, 0) is 47.3 Å². The van der Waals surface area contributed by atoms with Gasteiger partial charge in [-0.2, -0.15) is 0 Å². The molecule has 0 aliphatic rings. The molecule has 0 amide bonds. The highest BCUT2D eigenvalue weighted by Gasteiger charge is 2.17. The molecule has 0 aliphatic carbocycles. The maximum absolute atomic E-state index is 11.2. The molecule has 0 atom stereocenters. The predicted molar refractivity (Wildman–Crippen MR) is 172 cm³/mol. The van der Waals surface area contributed by atoms with Gasteiger partial charge in [-0.05, 0) is 52.4 Å². The maximum Gasteiger partial charge on any atom is 0.333 e. The molecule has 16 heteroatoms. The second kappa shape index (κ2) is 27.7. The minimum atomic E-state index is -4.14. The highest BCUT2D eigenvalue weighted by atomic mass is 31.2. The molecular formula is C30H54O14P2. The number of carbonyl (C=O) groups excluding carboxylic acids is 4. The molecule has 4 N–H and O–H groups in total. The van der Waals surface area contributed by atoms with Crippen molar-refractivity contribution in [2.75, 3.05) is 38.8 Å². The largest absolute Gasteiger partial charge is 0.466 e. The second-order valence-corrected chi connectivity index (χ2v) is 14.3. The van der Waals surface area contributed by atoms with Crippen LogP contribution in [0.4, 0.5) is 0 Å². The van der Waals surface area contributed by atoms with Gasteiger partial charge in [-0.1, -0.05) is 51.7 Å². The molecule has 0 aromatic carbocycles. The van der Waals surface area contributed by atoms with E-state index < -0.39 is 45.4 Å². The quantitative estimate of drug-likeness (QED) is 0.0303. The van der Waals surface area contributed by atoms with E-state index in [-0.39, 0.29) is 25.4 Å². The maximum atomic E-state index is 11.2. The number of unbranched alkanes of at least 4 members (excludes halogenated alkanes) is 10. The van der Waals surface area contributed by atoms with Crippen molar-refractivity contribution in [3.8, 4) is 0 Å². The third-order valence-corrected chi connectivity index (χ3v) is 7.59. The summed E-state index contributed by atoms with van der Waals surface area (Å²) < 4.78 is 40.8. The SMILES string of the molecule is C=C(C)C(=O)OCCCCCCCCCCOC(=O)CCP(=O)(O)O.C=C(C)C(=O)OCCCCCCOC(=O)CCP(=O)(O)O. The van der Waals surface area contributed by atoms with Gasteiger partial charge in [-0.15, -0.1) is 0 Å². The Kier molecular flexibility index (Phi) is 27.6. The van der Waals surface area contributed by atoms with Gasteiger partial charge in [0.25, 0.3) is 0 Å². The zero-order valence-corrected chi connectivity index (χ0v) is 29.1. The second-order valence-electron chi connectivity index (χ2n) is 10.8. The van der Waals surface area contributed by atoms with Crippen molar-refractivity contribution in [1.29, 1.82) is 0 Å². The fraction of sp³-hybridized carbons (Fsp3) is 0.733. The van der Waals surface area contributed by atoms with Crippen molar-refractivity contribution in [2.45, 2.75) is 104 Å². The summed E-state index contributed by atoms with van der Waals surface area (Å²) >= 11 is 0. The van der Waals surface area contributed by atoms with E-state index in [1.807, 2.05) is 0 Å². The van der Waals surface area contributed by atoms with Crippen LogP contribution in [0.15, 0.2) is 24.3 Å². The number of esters is 4. The first kappa shape index (κ1) is 45.8. The number of carbonyl (C=O) groups is 4. The molecular weight excluding hydrogens is 646 g/mol. The van der Waals surface area contributed by atoms with Gasteiger partial charge in [0.2, 0.25) is 0 Å². The van der Waals surface area contributed by atoms with E-state index in [2.05, 4.69) is 13.2 Å². The van der Waals surface area contributed by atoms with Gasteiger partial charge in [0.15, 0.2) is 0 Å². The van der Waals surface area contributed by atoms with Crippen LogP contribution in [0, 0.1) is 0 Å². The van der Waals surface area contributed by atoms with Crippen LogP contribution in [0.25, 0.3) is 0 Å². The Hall–Kier alpha value is -2.34. The lowest BCUT2D eigenvalue weighted by Crippen LogP contribution is -2.08. The minimum Gasteiger partial charge on any atom is -0.466 e. The van der Waals surface area contributed by atoms with Gasteiger partial charge in [0, 0.05) is 11.1 Å². The van der Waals surface area contributed by atoms with Crippen LogP contribution in [-0.4, -0.2) is 82.2 Å². The Balaban J connectivity index is 0. The molecule has 268 valence electrons. The monoisotopic (exact) mass is 700 g/mol. The average molecular weight is 701 g/mol. The first-order valence-corrected chi connectivity index (χ1v) is 19.1. The summed E-state index contributed by atoms with van der Waals surface area (Å²) in [6.07, 6.45) is 9.58. The smallest absolute Gasteiger partial charge is 0.333 e. The number of ether oxygens (including phenoxy) is 4. The van der Waals surface area contributed by atoms with Crippen LogP contribution in [0.2, 0.25) is 0 Å². The minimum absolute atomic E-state index is 0.228. The third kappa shape index (κ3) is 36.1. The Morgan fingerprint density at radius 3 is 0.957 bits per heavy atom. The summed E-state index contributed by atoms with van der Waals surface area (Å²) in [6.45, 7) is 11.5.